The van der Waals surface area contributed by atoms with E-state index in [1.807, 2.05) is 0 Å². The molecule has 0 radical (unpaired) electrons. The van der Waals surface area contributed by atoms with Crippen LogP contribution in [0.1, 0.15) is 20.3 Å². The van der Waals surface area contributed by atoms with Gasteiger partial charge in [0.05, 0.1) is 0 Å². The smallest absolute Gasteiger partial charge is 0.105 e. The van der Waals surface area contributed by atoms with Gasteiger partial charge >= 0.3 is 0 Å². The van der Waals surface area contributed by atoms with Crippen LogP contribution < -0.4 is 0 Å². The molecule has 0 aromatic rings. The highest BCUT2D eigenvalue weighted by atomic mass is 14.1. The van der Waals surface area contributed by atoms with E-state index in [1.165, 1.54) is 16.6 Å². The maximum atomic E-state index is 2.26. The van der Waals surface area contributed by atoms with Gasteiger partial charge in [0.1, 0.15) is 7.85 Å². The standard InChI is InChI=1S/C9H13B/c1-3-7-5-9(10)6-8(7)4-2/h3-5H,6,10H2,1-2H3/b7-3-,8-4-. The fourth-order valence-corrected chi connectivity index (χ4v) is 1.35. The Morgan fingerprint density at radius 2 is 2.10 bits per heavy atom. The van der Waals surface area contributed by atoms with Crippen molar-refractivity contribution in [1.82, 2.24) is 0 Å². The minimum atomic E-state index is 1.15. The van der Waals surface area contributed by atoms with E-state index in [-0.39, 0.29) is 0 Å². The van der Waals surface area contributed by atoms with Crippen molar-refractivity contribution >= 4 is 7.85 Å². The molecule has 0 amide bonds. The van der Waals surface area contributed by atoms with E-state index in [1.54, 1.807) is 0 Å². The van der Waals surface area contributed by atoms with Crippen LogP contribution in [0.4, 0.5) is 0 Å². The molecule has 0 nitrogen and oxygen atoms in total. The van der Waals surface area contributed by atoms with E-state index in [0.717, 1.165) is 6.42 Å². The van der Waals surface area contributed by atoms with Crippen LogP contribution in [-0.4, -0.2) is 7.85 Å². The first-order valence-electron chi connectivity index (χ1n) is 3.77. The molecule has 0 spiro atoms. The highest BCUT2D eigenvalue weighted by molar-refractivity contribution is 6.22. The molecule has 1 rings (SSSR count). The van der Waals surface area contributed by atoms with Crippen LogP contribution in [0, 0.1) is 0 Å². The number of rotatable bonds is 0. The Kier molecular flexibility index (Phi) is 2.15. The minimum Gasteiger partial charge on any atom is -0.105 e. The van der Waals surface area contributed by atoms with Gasteiger partial charge in [-0.3, -0.25) is 0 Å². The van der Waals surface area contributed by atoms with E-state index < -0.39 is 0 Å². The van der Waals surface area contributed by atoms with Gasteiger partial charge in [0, 0.05) is 0 Å². The minimum absolute atomic E-state index is 1.15. The van der Waals surface area contributed by atoms with Gasteiger partial charge in [0.2, 0.25) is 0 Å². The van der Waals surface area contributed by atoms with Crippen molar-refractivity contribution in [2.75, 3.05) is 0 Å². The third kappa shape index (κ3) is 1.23. The second-order valence-electron chi connectivity index (χ2n) is 2.73. The monoisotopic (exact) mass is 132 g/mol. The summed E-state index contributed by atoms with van der Waals surface area (Å²) in [4.78, 5) is 0. The summed E-state index contributed by atoms with van der Waals surface area (Å²) in [6, 6.07) is 0. The molecule has 0 aromatic heterocycles. The van der Waals surface area contributed by atoms with E-state index in [0.29, 0.717) is 0 Å². The van der Waals surface area contributed by atoms with Crippen molar-refractivity contribution in [1.29, 1.82) is 0 Å². The normalized spacial score (nSPS) is 26.0. The lowest BCUT2D eigenvalue weighted by molar-refractivity contribution is 1.27. The summed E-state index contributed by atoms with van der Waals surface area (Å²) in [5, 5.41) is 0. The summed E-state index contributed by atoms with van der Waals surface area (Å²) in [6.45, 7) is 4.19. The lowest BCUT2D eigenvalue weighted by atomic mass is 9.95. The van der Waals surface area contributed by atoms with Crippen molar-refractivity contribution in [3.63, 3.8) is 0 Å². The molecule has 0 atom stereocenters. The largest absolute Gasteiger partial charge is 0.134 e. The highest BCUT2D eigenvalue weighted by Crippen LogP contribution is 2.26. The molecule has 0 bridgehead atoms. The van der Waals surface area contributed by atoms with E-state index in [9.17, 15) is 0 Å². The van der Waals surface area contributed by atoms with Crippen molar-refractivity contribution in [3.8, 4) is 0 Å². The number of allylic oxidation sites excluding steroid dienone is 6. The van der Waals surface area contributed by atoms with Crippen molar-refractivity contribution < 1.29 is 0 Å². The van der Waals surface area contributed by atoms with Gasteiger partial charge in [-0.1, -0.05) is 18.2 Å². The van der Waals surface area contributed by atoms with Crippen LogP contribution in [0.15, 0.2) is 34.8 Å². The average Bonchev–Trinajstić information content (AvgIpc) is 2.30. The topological polar surface area (TPSA) is 0 Å². The predicted molar refractivity (Wildman–Crippen MR) is 48.8 cm³/mol. The van der Waals surface area contributed by atoms with Crippen molar-refractivity contribution in [2.45, 2.75) is 20.3 Å². The van der Waals surface area contributed by atoms with Crippen molar-refractivity contribution in [2.24, 2.45) is 0 Å². The predicted octanol–water partition coefficient (Wildman–Crippen LogP) is 1.80. The van der Waals surface area contributed by atoms with Crippen LogP contribution >= 0.6 is 0 Å². The molecule has 0 aliphatic heterocycles. The van der Waals surface area contributed by atoms with Gasteiger partial charge in [-0.2, -0.15) is 0 Å². The Bertz CT molecular complexity index is 219. The molecule has 0 N–H and O–H groups in total. The van der Waals surface area contributed by atoms with Gasteiger partial charge in [0.25, 0.3) is 0 Å². The molecule has 0 fully saturated rings. The Balaban J connectivity index is 2.92. The molecule has 0 saturated heterocycles. The zero-order chi connectivity index (χ0) is 7.56. The van der Waals surface area contributed by atoms with Crippen LogP contribution in [0.25, 0.3) is 0 Å². The molecule has 0 saturated carbocycles. The quantitative estimate of drug-likeness (QED) is 0.441. The molecule has 52 valence electrons. The maximum Gasteiger partial charge on any atom is 0.134 e. The maximum absolute atomic E-state index is 2.26. The summed E-state index contributed by atoms with van der Waals surface area (Å²) in [5.41, 5.74) is 4.35. The lowest BCUT2D eigenvalue weighted by Gasteiger charge is -1.95. The molecule has 1 aliphatic carbocycles. The Labute approximate surface area is 63.7 Å². The van der Waals surface area contributed by atoms with Crippen LogP contribution in [-0.2, 0) is 0 Å². The van der Waals surface area contributed by atoms with Gasteiger partial charge in [-0.15, -0.1) is 5.47 Å². The van der Waals surface area contributed by atoms with Gasteiger partial charge in [0.15, 0.2) is 0 Å². The summed E-state index contributed by atoms with van der Waals surface area (Å²) in [5.74, 6) is 0. The second-order valence-corrected chi connectivity index (χ2v) is 2.73. The van der Waals surface area contributed by atoms with E-state index in [4.69, 9.17) is 0 Å². The number of hydrogen-bond donors (Lipinski definition) is 0. The third-order valence-corrected chi connectivity index (χ3v) is 1.90. The van der Waals surface area contributed by atoms with Crippen molar-refractivity contribution in [3.05, 3.63) is 34.8 Å². The summed E-state index contributed by atoms with van der Waals surface area (Å²) in [7, 11) is 2.18. The number of hydrogen-bond acceptors (Lipinski definition) is 0. The molecular weight excluding hydrogens is 119 g/mol. The van der Waals surface area contributed by atoms with Gasteiger partial charge in [-0.25, -0.2) is 0 Å². The molecule has 0 heterocycles. The molecular formula is C9H13B. The molecule has 0 unspecified atom stereocenters. The molecule has 1 aliphatic rings. The zero-order valence-electron chi connectivity index (χ0n) is 6.94. The first-order valence-corrected chi connectivity index (χ1v) is 3.77. The summed E-state index contributed by atoms with van der Waals surface area (Å²) >= 11 is 0. The first-order chi connectivity index (χ1) is 4.77. The third-order valence-electron chi connectivity index (χ3n) is 1.90. The molecule has 1 heteroatoms. The zero-order valence-corrected chi connectivity index (χ0v) is 6.94. The molecule has 10 heavy (non-hydrogen) atoms. The second kappa shape index (κ2) is 2.91. The Morgan fingerprint density at radius 1 is 1.40 bits per heavy atom. The molecule has 0 aromatic carbocycles. The van der Waals surface area contributed by atoms with Crippen LogP contribution in [0.5, 0.6) is 0 Å². The average molecular weight is 132 g/mol. The first kappa shape index (κ1) is 7.39. The fraction of sp³-hybridized carbons (Fsp3) is 0.333. The van der Waals surface area contributed by atoms with E-state index in [2.05, 4.69) is 39.9 Å². The Hall–Kier alpha value is -0.715. The summed E-state index contributed by atoms with van der Waals surface area (Å²) in [6.07, 6.45) is 7.78. The fourth-order valence-electron chi connectivity index (χ4n) is 1.35. The Morgan fingerprint density at radius 3 is 2.50 bits per heavy atom. The van der Waals surface area contributed by atoms with Crippen LogP contribution in [0.2, 0.25) is 0 Å². The van der Waals surface area contributed by atoms with Gasteiger partial charge in [-0.05, 0) is 31.4 Å². The lowest BCUT2D eigenvalue weighted by Crippen LogP contribution is -1.77. The SMILES string of the molecule is BC1=CC(=C/C)/C(=C\C)C1. The summed E-state index contributed by atoms with van der Waals surface area (Å²) < 4.78 is 0. The van der Waals surface area contributed by atoms with Gasteiger partial charge < -0.3 is 0 Å². The van der Waals surface area contributed by atoms with E-state index >= 15 is 0 Å². The van der Waals surface area contributed by atoms with Crippen LogP contribution in [0.3, 0.4) is 0 Å². The highest BCUT2D eigenvalue weighted by Gasteiger charge is 2.08.